The van der Waals surface area contributed by atoms with E-state index in [9.17, 15) is 14.4 Å². The van der Waals surface area contributed by atoms with Crippen LogP contribution in [0.25, 0.3) is 0 Å². The molecule has 0 aliphatic rings. The smallest absolute Gasteiger partial charge is 0.291 e. The van der Waals surface area contributed by atoms with Crippen molar-refractivity contribution in [2.75, 3.05) is 22.6 Å². The van der Waals surface area contributed by atoms with E-state index in [1.54, 1.807) is 78.9 Å². The van der Waals surface area contributed by atoms with E-state index in [0.717, 1.165) is 11.3 Å². The van der Waals surface area contributed by atoms with Gasteiger partial charge in [0.1, 0.15) is 5.75 Å². The summed E-state index contributed by atoms with van der Waals surface area (Å²) in [5, 5.41) is 8.39. The Morgan fingerprint density at radius 2 is 1.36 bits per heavy atom. The average molecular weight is 484 g/mol. The van der Waals surface area contributed by atoms with Gasteiger partial charge in [-0.05, 0) is 92.2 Å². The van der Waals surface area contributed by atoms with Crippen LogP contribution >= 0.6 is 0 Å². The first-order valence-corrected chi connectivity index (χ1v) is 11.3. The van der Waals surface area contributed by atoms with E-state index < -0.39 is 5.91 Å². The molecule has 8 nitrogen and oxygen atoms in total. The number of aryl methyl sites for hydroxylation is 1. The Hall–Kier alpha value is -4.85. The molecule has 3 N–H and O–H groups in total. The Kier molecular flexibility index (Phi) is 7.45. The van der Waals surface area contributed by atoms with Gasteiger partial charge in [-0.1, -0.05) is 6.07 Å². The number of ether oxygens (including phenoxy) is 1. The van der Waals surface area contributed by atoms with E-state index in [-0.39, 0.29) is 17.6 Å². The molecular weight excluding hydrogens is 458 g/mol. The number of rotatable bonds is 8. The molecule has 1 heterocycles. The average Bonchev–Trinajstić information content (AvgIpc) is 3.42. The molecular formula is C28H25N3O5. The van der Waals surface area contributed by atoms with Crippen LogP contribution in [0.1, 0.15) is 43.8 Å². The molecule has 8 heteroatoms. The number of furan rings is 1. The molecule has 0 atom stereocenters. The second kappa shape index (κ2) is 11.1. The highest BCUT2D eigenvalue weighted by Gasteiger charge is 2.14. The predicted molar refractivity (Wildman–Crippen MR) is 138 cm³/mol. The zero-order chi connectivity index (χ0) is 25.5. The molecule has 3 amide bonds. The first kappa shape index (κ1) is 24.3. The van der Waals surface area contributed by atoms with Crippen molar-refractivity contribution >= 4 is 34.8 Å². The molecule has 4 aromatic rings. The van der Waals surface area contributed by atoms with Crippen molar-refractivity contribution < 1.29 is 23.5 Å². The normalized spacial score (nSPS) is 10.4. The van der Waals surface area contributed by atoms with Crippen LogP contribution in [0.4, 0.5) is 17.1 Å². The number of anilines is 3. The Labute approximate surface area is 208 Å². The van der Waals surface area contributed by atoms with E-state index in [0.29, 0.717) is 34.8 Å². The topological polar surface area (TPSA) is 110 Å². The van der Waals surface area contributed by atoms with Crippen LogP contribution in [-0.2, 0) is 0 Å². The van der Waals surface area contributed by atoms with Gasteiger partial charge < -0.3 is 25.1 Å². The lowest BCUT2D eigenvalue weighted by Gasteiger charge is -2.11. The zero-order valence-electron chi connectivity index (χ0n) is 19.8. The maximum absolute atomic E-state index is 12.8. The zero-order valence-corrected chi connectivity index (χ0v) is 19.8. The molecule has 0 bridgehead atoms. The van der Waals surface area contributed by atoms with Crippen molar-refractivity contribution in [1.82, 2.24) is 0 Å². The molecule has 4 rings (SSSR count). The summed E-state index contributed by atoms with van der Waals surface area (Å²) >= 11 is 0. The maximum atomic E-state index is 12.8. The maximum Gasteiger partial charge on any atom is 0.291 e. The van der Waals surface area contributed by atoms with Gasteiger partial charge in [0, 0.05) is 28.2 Å². The van der Waals surface area contributed by atoms with Gasteiger partial charge in [0.15, 0.2) is 5.76 Å². The van der Waals surface area contributed by atoms with Crippen molar-refractivity contribution in [3.8, 4) is 5.75 Å². The van der Waals surface area contributed by atoms with E-state index in [4.69, 9.17) is 9.15 Å². The largest absolute Gasteiger partial charge is 0.494 e. The summed E-state index contributed by atoms with van der Waals surface area (Å²) in [5.74, 6) is -0.116. The SMILES string of the molecule is CCOc1ccc(NC(=O)c2ccc(NC(=O)c3ccc(C)c(NC(=O)c4ccco4)c3)cc2)cc1. The van der Waals surface area contributed by atoms with Crippen molar-refractivity contribution in [3.63, 3.8) is 0 Å². The molecule has 0 spiro atoms. The van der Waals surface area contributed by atoms with Gasteiger partial charge >= 0.3 is 0 Å². The standard InChI is InChI=1S/C28H25N3O5/c1-3-35-23-14-12-22(13-15-23)29-26(32)19-8-10-21(11-9-19)30-27(33)20-7-6-18(2)24(17-20)31-28(34)25-5-4-16-36-25/h4-17H,3H2,1-2H3,(H,29,32)(H,30,33)(H,31,34). The van der Waals surface area contributed by atoms with Crippen LogP contribution in [0, 0.1) is 6.92 Å². The Morgan fingerprint density at radius 1 is 0.750 bits per heavy atom. The van der Waals surface area contributed by atoms with Crippen LogP contribution < -0.4 is 20.7 Å². The van der Waals surface area contributed by atoms with Crippen LogP contribution in [0.15, 0.2) is 89.5 Å². The summed E-state index contributed by atoms with van der Waals surface area (Å²) in [5.41, 5.74) is 3.29. The third-order valence-electron chi connectivity index (χ3n) is 5.32. The van der Waals surface area contributed by atoms with Gasteiger partial charge in [-0.3, -0.25) is 14.4 Å². The summed E-state index contributed by atoms with van der Waals surface area (Å²) in [4.78, 5) is 37.6. The molecule has 0 fully saturated rings. The number of nitrogens with one attached hydrogen (secondary N) is 3. The molecule has 182 valence electrons. The lowest BCUT2D eigenvalue weighted by molar-refractivity contribution is 0.0992. The molecule has 0 unspecified atom stereocenters. The number of carbonyl (C=O) groups excluding carboxylic acids is 3. The molecule has 0 saturated heterocycles. The van der Waals surface area contributed by atoms with Gasteiger partial charge in [0.05, 0.1) is 12.9 Å². The third kappa shape index (κ3) is 5.98. The van der Waals surface area contributed by atoms with Crippen molar-refractivity contribution in [2.45, 2.75) is 13.8 Å². The second-order valence-corrected chi connectivity index (χ2v) is 7.90. The summed E-state index contributed by atoms with van der Waals surface area (Å²) < 4.78 is 10.5. The highest BCUT2D eigenvalue weighted by atomic mass is 16.5. The predicted octanol–water partition coefficient (Wildman–Crippen LogP) is 5.74. The lowest BCUT2D eigenvalue weighted by Crippen LogP contribution is -2.15. The fourth-order valence-corrected chi connectivity index (χ4v) is 3.40. The summed E-state index contributed by atoms with van der Waals surface area (Å²) in [7, 11) is 0. The van der Waals surface area contributed by atoms with E-state index in [2.05, 4.69) is 16.0 Å². The van der Waals surface area contributed by atoms with Crippen LogP contribution in [0.3, 0.4) is 0 Å². The van der Waals surface area contributed by atoms with Gasteiger partial charge in [-0.25, -0.2) is 0 Å². The minimum absolute atomic E-state index is 0.177. The van der Waals surface area contributed by atoms with Crippen molar-refractivity contribution in [3.05, 3.63) is 108 Å². The van der Waals surface area contributed by atoms with Crippen LogP contribution in [0.5, 0.6) is 5.75 Å². The lowest BCUT2D eigenvalue weighted by atomic mass is 10.1. The Balaban J connectivity index is 1.38. The van der Waals surface area contributed by atoms with Gasteiger partial charge in [0.2, 0.25) is 0 Å². The first-order chi connectivity index (χ1) is 17.4. The summed E-state index contributed by atoms with van der Waals surface area (Å²) in [6, 6.07) is 21.9. The summed E-state index contributed by atoms with van der Waals surface area (Å²) in [6.45, 7) is 4.31. The number of hydrogen-bond donors (Lipinski definition) is 3. The molecule has 0 saturated carbocycles. The Morgan fingerprint density at radius 3 is 1.97 bits per heavy atom. The quantitative estimate of drug-likeness (QED) is 0.296. The Bertz CT molecular complexity index is 1360. The number of amides is 3. The highest BCUT2D eigenvalue weighted by molar-refractivity contribution is 6.08. The van der Waals surface area contributed by atoms with E-state index in [1.165, 1.54) is 6.26 Å². The van der Waals surface area contributed by atoms with Gasteiger partial charge in [-0.15, -0.1) is 0 Å². The monoisotopic (exact) mass is 483 g/mol. The van der Waals surface area contributed by atoms with Crippen LogP contribution in [-0.4, -0.2) is 24.3 Å². The first-order valence-electron chi connectivity index (χ1n) is 11.3. The third-order valence-corrected chi connectivity index (χ3v) is 5.32. The molecule has 0 aliphatic carbocycles. The number of hydrogen-bond acceptors (Lipinski definition) is 5. The molecule has 1 aromatic heterocycles. The second-order valence-electron chi connectivity index (χ2n) is 7.90. The summed E-state index contributed by atoms with van der Waals surface area (Å²) in [6.07, 6.45) is 1.42. The molecule has 0 radical (unpaired) electrons. The molecule has 36 heavy (non-hydrogen) atoms. The van der Waals surface area contributed by atoms with Crippen LogP contribution in [0.2, 0.25) is 0 Å². The number of carbonyl (C=O) groups is 3. The molecule has 0 aliphatic heterocycles. The van der Waals surface area contributed by atoms with E-state index >= 15 is 0 Å². The minimum atomic E-state index is -0.403. The van der Waals surface area contributed by atoms with Gasteiger partial charge in [0.25, 0.3) is 17.7 Å². The number of benzene rings is 3. The van der Waals surface area contributed by atoms with E-state index in [1.807, 2.05) is 13.8 Å². The van der Waals surface area contributed by atoms with Crippen molar-refractivity contribution in [1.29, 1.82) is 0 Å². The fourth-order valence-electron chi connectivity index (χ4n) is 3.40. The minimum Gasteiger partial charge on any atom is -0.494 e. The fraction of sp³-hybridized carbons (Fsp3) is 0.107. The highest BCUT2D eigenvalue weighted by Crippen LogP contribution is 2.20. The van der Waals surface area contributed by atoms with Gasteiger partial charge in [-0.2, -0.15) is 0 Å². The molecule has 3 aromatic carbocycles. The van der Waals surface area contributed by atoms with Crippen molar-refractivity contribution in [2.24, 2.45) is 0 Å².